The second kappa shape index (κ2) is 16.7. The Kier molecular flexibility index (Phi) is 21.2. The van der Waals surface area contributed by atoms with Gasteiger partial charge in [0.25, 0.3) is 0 Å². The number of carboxylic acid groups (broad SMARTS) is 2. The van der Waals surface area contributed by atoms with Gasteiger partial charge in [-0.25, -0.2) is 0 Å². The fourth-order valence-electron chi connectivity index (χ4n) is 5.56. The molecule has 0 saturated heterocycles. The smallest absolute Gasteiger partial charge is 0.307 e. The molecule has 2 bridgehead atoms. The number of carboxylic acids is 2. The van der Waals surface area contributed by atoms with E-state index in [9.17, 15) is 19.8 Å². The molecule has 0 spiro atoms. The van der Waals surface area contributed by atoms with E-state index in [2.05, 4.69) is 19.1 Å². The quantitative estimate of drug-likeness (QED) is 0.430. The van der Waals surface area contributed by atoms with Gasteiger partial charge in [-0.05, 0) is 60.8 Å². The van der Waals surface area contributed by atoms with Crippen molar-refractivity contribution in [2.24, 2.45) is 35.5 Å². The van der Waals surface area contributed by atoms with Crippen LogP contribution in [0.4, 0.5) is 0 Å². The van der Waals surface area contributed by atoms with Gasteiger partial charge >= 0.3 is 11.9 Å². The Labute approximate surface area is 200 Å². The lowest BCUT2D eigenvalue weighted by molar-refractivity contribution is -0.157. The summed E-state index contributed by atoms with van der Waals surface area (Å²) in [5.74, 6) is -1.94. The summed E-state index contributed by atoms with van der Waals surface area (Å²) in [5, 5.41) is 19.2. The zero-order valence-corrected chi connectivity index (χ0v) is 15.0. The number of fused-ring (bicyclic) bond motifs is 2. The van der Waals surface area contributed by atoms with Crippen LogP contribution in [0.2, 0.25) is 0 Å². The van der Waals surface area contributed by atoms with Crippen LogP contribution in [0.5, 0.6) is 0 Å². The minimum Gasteiger partial charge on any atom is -0.481 e. The largest absolute Gasteiger partial charge is 0.481 e. The Morgan fingerprint density at radius 3 is 1.81 bits per heavy atom. The number of hydrogen-bond acceptors (Lipinski definition) is 2. The Morgan fingerprint density at radius 1 is 0.844 bits per heavy atom. The van der Waals surface area contributed by atoms with Crippen molar-refractivity contribution >= 4 is 11.9 Å². The summed E-state index contributed by atoms with van der Waals surface area (Å²) in [6.45, 7) is 3.76. The number of carbonyl (C=O) groups is 2. The molecule has 3 rings (SSSR count). The highest BCUT2D eigenvalue weighted by Crippen LogP contribution is 2.58. The van der Waals surface area contributed by atoms with Crippen LogP contribution in [0.3, 0.4) is 0 Å². The van der Waals surface area contributed by atoms with E-state index in [1.165, 1.54) is 12.0 Å². The lowest BCUT2D eigenvalue weighted by Crippen LogP contribution is -2.40. The summed E-state index contributed by atoms with van der Waals surface area (Å²) < 4.78 is 0. The standard InChI is InChI=1S/C21H28O4.7CH4/c1-12(14-6-4-3-5-7-14)10-17-15-8-9-16(11-15)19(17)18(21(24)25)13(2)20(22)23;;;;;;;/h3-7,12-13,15-19H,8-11H2,1-2H3,(H,22,23)(H,24,25);7*1H4. The molecule has 192 valence electrons. The van der Waals surface area contributed by atoms with Crippen molar-refractivity contribution in [3.63, 3.8) is 0 Å². The van der Waals surface area contributed by atoms with Crippen LogP contribution in [0.15, 0.2) is 30.3 Å². The minimum absolute atomic E-state index is 0. The summed E-state index contributed by atoms with van der Waals surface area (Å²) in [6.07, 6.45) is 4.25. The van der Waals surface area contributed by atoms with Crippen molar-refractivity contribution in [3.8, 4) is 0 Å². The van der Waals surface area contributed by atoms with Crippen LogP contribution in [-0.2, 0) is 9.59 Å². The lowest BCUT2D eigenvalue weighted by atomic mass is 9.66. The molecule has 2 saturated carbocycles. The van der Waals surface area contributed by atoms with E-state index < -0.39 is 23.8 Å². The van der Waals surface area contributed by atoms with E-state index in [1.807, 2.05) is 18.2 Å². The van der Waals surface area contributed by atoms with Crippen molar-refractivity contribution in [1.82, 2.24) is 0 Å². The van der Waals surface area contributed by atoms with E-state index in [0.717, 1.165) is 19.3 Å². The monoisotopic (exact) mass is 456 g/mol. The molecular formula is C28H56O4. The summed E-state index contributed by atoms with van der Waals surface area (Å²) in [4.78, 5) is 23.4. The molecule has 4 nitrogen and oxygen atoms in total. The van der Waals surface area contributed by atoms with Crippen molar-refractivity contribution < 1.29 is 19.8 Å². The topological polar surface area (TPSA) is 74.6 Å². The second-order valence-corrected chi connectivity index (χ2v) is 8.11. The lowest BCUT2D eigenvalue weighted by Gasteiger charge is -2.38. The van der Waals surface area contributed by atoms with E-state index in [1.54, 1.807) is 6.92 Å². The highest BCUT2D eigenvalue weighted by Gasteiger charge is 2.54. The third-order valence-corrected chi connectivity index (χ3v) is 6.78. The van der Waals surface area contributed by atoms with Gasteiger partial charge in [-0.2, -0.15) is 0 Å². The first-order chi connectivity index (χ1) is 11.9. The molecule has 7 unspecified atom stereocenters. The van der Waals surface area contributed by atoms with Gasteiger partial charge in [-0.1, -0.05) is 96.2 Å². The molecule has 32 heavy (non-hydrogen) atoms. The molecule has 2 N–H and O–H groups in total. The molecule has 2 fully saturated rings. The van der Waals surface area contributed by atoms with Crippen molar-refractivity contribution in [2.75, 3.05) is 0 Å². The predicted octanol–water partition coefficient (Wildman–Crippen LogP) is 8.72. The molecule has 0 heterocycles. The van der Waals surface area contributed by atoms with Crippen LogP contribution >= 0.6 is 0 Å². The average Bonchev–Trinajstić information content (AvgIpc) is 3.18. The van der Waals surface area contributed by atoms with Gasteiger partial charge in [-0.3, -0.25) is 9.59 Å². The van der Waals surface area contributed by atoms with Gasteiger partial charge in [0.2, 0.25) is 0 Å². The fourth-order valence-corrected chi connectivity index (χ4v) is 5.56. The Balaban J connectivity index is -0.000000347. The van der Waals surface area contributed by atoms with Crippen molar-refractivity contribution in [3.05, 3.63) is 35.9 Å². The van der Waals surface area contributed by atoms with Crippen LogP contribution in [0, 0.1) is 35.5 Å². The normalized spacial score (nSPS) is 24.6. The number of hydrogen-bond donors (Lipinski definition) is 2. The molecule has 2 aliphatic carbocycles. The van der Waals surface area contributed by atoms with Gasteiger partial charge in [0.1, 0.15) is 0 Å². The summed E-state index contributed by atoms with van der Waals surface area (Å²) >= 11 is 0. The van der Waals surface area contributed by atoms with E-state index in [-0.39, 0.29) is 57.9 Å². The molecule has 0 radical (unpaired) electrons. The highest BCUT2D eigenvalue weighted by molar-refractivity contribution is 5.80. The first-order valence-corrected chi connectivity index (χ1v) is 9.40. The zero-order valence-electron chi connectivity index (χ0n) is 15.0. The van der Waals surface area contributed by atoms with Crippen LogP contribution in [-0.4, -0.2) is 22.2 Å². The predicted molar refractivity (Wildman–Crippen MR) is 142 cm³/mol. The summed E-state index contributed by atoms with van der Waals surface area (Å²) in [5.41, 5.74) is 1.28. The van der Waals surface area contributed by atoms with Crippen LogP contribution < -0.4 is 0 Å². The van der Waals surface area contributed by atoms with E-state index >= 15 is 0 Å². The van der Waals surface area contributed by atoms with Gasteiger partial charge < -0.3 is 10.2 Å². The second-order valence-electron chi connectivity index (χ2n) is 8.11. The van der Waals surface area contributed by atoms with Crippen LogP contribution in [0.25, 0.3) is 0 Å². The molecule has 0 aromatic heterocycles. The molecule has 4 heteroatoms. The molecule has 1 aromatic carbocycles. The molecule has 1 aromatic rings. The molecular weight excluding hydrogens is 400 g/mol. The SMILES string of the molecule is C.C.C.C.C.C.C.CC(CC1C2CCC(C2)C1C(C(=O)O)C(C)C(=O)O)c1ccccc1. The van der Waals surface area contributed by atoms with Gasteiger partial charge in [0.05, 0.1) is 11.8 Å². The molecule has 0 aliphatic heterocycles. The first kappa shape index (κ1) is 40.5. The maximum Gasteiger partial charge on any atom is 0.307 e. The maximum atomic E-state index is 11.9. The Hall–Kier alpha value is -1.84. The van der Waals surface area contributed by atoms with Crippen LogP contribution in [0.1, 0.15) is 103 Å². The maximum absolute atomic E-state index is 11.9. The Bertz CT molecular complexity index is 628. The molecule has 7 atom stereocenters. The van der Waals surface area contributed by atoms with Crippen molar-refractivity contribution in [1.29, 1.82) is 0 Å². The van der Waals surface area contributed by atoms with Gasteiger partial charge in [-0.15, -0.1) is 0 Å². The number of aliphatic carboxylic acids is 2. The fraction of sp³-hybridized carbons (Fsp3) is 0.714. The molecule has 2 aliphatic rings. The summed E-state index contributed by atoms with van der Waals surface area (Å²) in [6, 6.07) is 10.3. The number of benzene rings is 1. The highest BCUT2D eigenvalue weighted by atomic mass is 16.4. The third-order valence-electron chi connectivity index (χ3n) is 6.78. The van der Waals surface area contributed by atoms with E-state index in [0.29, 0.717) is 23.7 Å². The minimum atomic E-state index is -0.995. The average molecular weight is 457 g/mol. The van der Waals surface area contributed by atoms with Gasteiger partial charge in [0.15, 0.2) is 0 Å². The van der Waals surface area contributed by atoms with E-state index in [4.69, 9.17) is 0 Å². The Morgan fingerprint density at radius 2 is 1.34 bits per heavy atom. The zero-order chi connectivity index (χ0) is 18.1. The van der Waals surface area contributed by atoms with Gasteiger partial charge in [0, 0.05) is 0 Å². The molecule has 0 amide bonds. The van der Waals surface area contributed by atoms with Crippen molar-refractivity contribution in [2.45, 2.75) is 97.4 Å². The summed E-state index contributed by atoms with van der Waals surface area (Å²) in [7, 11) is 0. The number of rotatable bonds is 7. The third kappa shape index (κ3) is 7.94. The first-order valence-electron chi connectivity index (χ1n) is 9.40.